The molecular formula is C21H20N2O3. The molecule has 1 N–H and O–H groups in total. The number of aldehydes is 1. The Morgan fingerprint density at radius 3 is 2.58 bits per heavy atom. The summed E-state index contributed by atoms with van der Waals surface area (Å²) >= 11 is 0. The number of nitrogens with zero attached hydrogens (tertiary/aromatic N) is 1. The standard InChI is InChI=1S/C21H20N2O3/c1-14(13-24)22-21(26)18-9-10-19-12-23(15(2)25)20-6-4-3-5-16(20)7-8-17(19)11-18/h3-11,13-14H,12H2,1-2H3,(H,22,26). The molecule has 0 spiro atoms. The summed E-state index contributed by atoms with van der Waals surface area (Å²) in [4.78, 5) is 36.9. The molecule has 0 radical (unpaired) electrons. The molecule has 0 saturated carbocycles. The SMILES string of the molecule is CC(=O)N1Cc2ccc(C(=O)NC(C)C=O)cc2C=Cc2ccccc21. The number of carbonyl (C=O) groups excluding carboxylic acids is 3. The van der Waals surface area contributed by atoms with Gasteiger partial charge in [0.25, 0.3) is 5.91 Å². The van der Waals surface area contributed by atoms with Crippen LogP contribution in [0.5, 0.6) is 0 Å². The van der Waals surface area contributed by atoms with Crippen molar-refractivity contribution in [1.29, 1.82) is 0 Å². The minimum absolute atomic E-state index is 0.0414. The van der Waals surface area contributed by atoms with Gasteiger partial charge in [-0.1, -0.05) is 36.4 Å². The van der Waals surface area contributed by atoms with Crippen molar-refractivity contribution in [2.24, 2.45) is 0 Å². The van der Waals surface area contributed by atoms with E-state index in [-0.39, 0.29) is 11.8 Å². The van der Waals surface area contributed by atoms with Crippen LogP contribution in [0.15, 0.2) is 42.5 Å². The first-order valence-corrected chi connectivity index (χ1v) is 8.44. The summed E-state index contributed by atoms with van der Waals surface area (Å²) in [5.74, 6) is -0.341. The fraction of sp³-hybridized carbons (Fsp3) is 0.190. The van der Waals surface area contributed by atoms with Gasteiger partial charge in [0, 0.05) is 12.5 Å². The number of fused-ring (bicyclic) bond motifs is 2. The van der Waals surface area contributed by atoms with Crippen LogP contribution in [0, 0.1) is 0 Å². The Hall–Kier alpha value is -3.21. The number of benzene rings is 2. The number of anilines is 1. The monoisotopic (exact) mass is 348 g/mol. The number of amides is 2. The molecule has 1 heterocycles. The Balaban J connectivity index is 2.01. The van der Waals surface area contributed by atoms with Gasteiger partial charge in [-0.2, -0.15) is 0 Å². The molecule has 2 amide bonds. The summed E-state index contributed by atoms with van der Waals surface area (Å²) < 4.78 is 0. The predicted molar refractivity (Wildman–Crippen MR) is 102 cm³/mol. The van der Waals surface area contributed by atoms with Gasteiger partial charge in [-0.05, 0) is 41.8 Å². The zero-order valence-electron chi connectivity index (χ0n) is 14.7. The molecule has 0 aromatic heterocycles. The highest BCUT2D eigenvalue weighted by molar-refractivity contribution is 5.98. The maximum Gasteiger partial charge on any atom is 0.251 e. The molecule has 0 bridgehead atoms. The molecule has 5 heteroatoms. The summed E-state index contributed by atoms with van der Waals surface area (Å²) in [5.41, 5.74) is 4.11. The van der Waals surface area contributed by atoms with E-state index in [1.165, 1.54) is 0 Å². The van der Waals surface area contributed by atoms with Crippen LogP contribution in [0.2, 0.25) is 0 Å². The normalized spacial score (nSPS) is 13.7. The zero-order valence-corrected chi connectivity index (χ0v) is 14.7. The van der Waals surface area contributed by atoms with Crippen molar-refractivity contribution in [1.82, 2.24) is 5.32 Å². The van der Waals surface area contributed by atoms with Gasteiger partial charge in [-0.15, -0.1) is 0 Å². The second-order valence-electron chi connectivity index (χ2n) is 6.31. The molecule has 0 aliphatic carbocycles. The second-order valence-corrected chi connectivity index (χ2v) is 6.31. The van der Waals surface area contributed by atoms with Crippen molar-refractivity contribution in [3.05, 3.63) is 64.7 Å². The Morgan fingerprint density at radius 1 is 1.12 bits per heavy atom. The lowest BCUT2D eigenvalue weighted by Gasteiger charge is -2.26. The van der Waals surface area contributed by atoms with Gasteiger partial charge in [0.15, 0.2) is 0 Å². The van der Waals surface area contributed by atoms with Crippen molar-refractivity contribution >= 4 is 35.9 Å². The van der Waals surface area contributed by atoms with Crippen molar-refractivity contribution in [2.45, 2.75) is 26.4 Å². The number of hydrogen-bond donors (Lipinski definition) is 1. The van der Waals surface area contributed by atoms with E-state index in [0.29, 0.717) is 18.4 Å². The van der Waals surface area contributed by atoms with Gasteiger partial charge in [-0.3, -0.25) is 9.59 Å². The van der Waals surface area contributed by atoms with Gasteiger partial charge in [0.1, 0.15) is 6.29 Å². The van der Waals surface area contributed by atoms with Gasteiger partial charge in [-0.25, -0.2) is 0 Å². The summed E-state index contributed by atoms with van der Waals surface area (Å²) in [5, 5.41) is 2.63. The van der Waals surface area contributed by atoms with Crippen molar-refractivity contribution in [2.75, 3.05) is 4.90 Å². The van der Waals surface area contributed by atoms with Crippen molar-refractivity contribution in [3.8, 4) is 0 Å². The maximum atomic E-state index is 12.3. The van der Waals surface area contributed by atoms with Crippen LogP contribution in [-0.4, -0.2) is 24.1 Å². The van der Waals surface area contributed by atoms with Crippen molar-refractivity contribution in [3.63, 3.8) is 0 Å². The summed E-state index contributed by atoms with van der Waals surface area (Å²) in [6.07, 6.45) is 4.58. The molecule has 1 aliphatic rings. The van der Waals surface area contributed by atoms with E-state index in [9.17, 15) is 14.4 Å². The molecule has 132 valence electrons. The van der Waals surface area contributed by atoms with Gasteiger partial charge in [0.05, 0.1) is 18.3 Å². The van der Waals surface area contributed by atoms with E-state index in [1.807, 2.05) is 42.5 Å². The molecule has 2 aromatic rings. The van der Waals surface area contributed by atoms with Crippen LogP contribution in [0.4, 0.5) is 5.69 Å². The molecule has 1 atom stereocenters. The predicted octanol–water partition coefficient (Wildman–Crippen LogP) is 3.04. The zero-order chi connectivity index (χ0) is 18.7. The fourth-order valence-corrected chi connectivity index (χ4v) is 2.95. The third kappa shape index (κ3) is 3.57. The third-order valence-corrected chi connectivity index (χ3v) is 4.35. The first-order valence-electron chi connectivity index (χ1n) is 8.44. The first kappa shape index (κ1) is 17.6. The maximum absolute atomic E-state index is 12.3. The quantitative estimate of drug-likeness (QED) is 0.867. The molecule has 1 unspecified atom stereocenters. The molecule has 1 aliphatic heterocycles. The first-order chi connectivity index (χ1) is 12.5. The lowest BCUT2D eigenvalue weighted by molar-refractivity contribution is -0.116. The molecule has 0 fully saturated rings. The van der Waals surface area contributed by atoms with Crippen LogP contribution >= 0.6 is 0 Å². The number of para-hydroxylation sites is 1. The average molecular weight is 348 g/mol. The Morgan fingerprint density at radius 2 is 1.85 bits per heavy atom. The van der Waals surface area contributed by atoms with Gasteiger partial charge in [0.2, 0.25) is 5.91 Å². The van der Waals surface area contributed by atoms with Crippen molar-refractivity contribution < 1.29 is 14.4 Å². The molecule has 5 nitrogen and oxygen atoms in total. The molecule has 26 heavy (non-hydrogen) atoms. The smallest absolute Gasteiger partial charge is 0.251 e. The summed E-state index contributed by atoms with van der Waals surface area (Å²) in [7, 11) is 0. The van der Waals surface area contributed by atoms with Crippen LogP contribution < -0.4 is 10.2 Å². The average Bonchev–Trinajstić information content (AvgIpc) is 2.62. The summed E-state index contributed by atoms with van der Waals surface area (Å²) in [6.45, 7) is 3.60. The van der Waals surface area contributed by atoms with Crippen LogP contribution in [0.1, 0.15) is 40.9 Å². The molecule has 0 saturated heterocycles. The highest BCUT2D eigenvalue weighted by Crippen LogP contribution is 2.29. The highest BCUT2D eigenvalue weighted by atomic mass is 16.2. The second kappa shape index (κ2) is 7.35. The third-order valence-electron chi connectivity index (χ3n) is 4.35. The largest absolute Gasteiger partial charge is 0.343 e. The Labute approximate surface area is 152 Å². The van der Waals surface area contributed by atoms with E-state index in [0.717, 1.165) is 22.4 Å². The number of carbonyl (C=O) groups is 3. The molecular weight excluding hydrogens is 328 g/mol. The lowest BCUT2D eigenvalue weighted by Crippen LogP contribution is -2.33. The van der Waals surface area contributed by atoms with E-state index in [2.05, 4.69) is 5.32 Å². The van der Waals surface area contributed by atoms with Crippen LogP contribution in [0.25, 0.3) is 12.2 Å². The molecule has 2 aromatic carbocycles. The fourth-order valence-electron chi connectivity index (χ4n) is 2.95. The lowest BCUT2D eigenvalue weighted by atomic mass is 9.98. The van der Waals surface area contributed by atoms with Crippen LogP contribution in [-0.2, 0) is 16.1 Å². The van der Waals surface area contributed by atoms with Gasteiger partial charge >= 0.3 is 0 Å². The van der Waals surface area contributed by atoms with Crippen LogP contribution in [0.3, 0.4) is 0 Å². The topological polar surface area (TPSA) is 66.5 Å². The Bertz CT molecular complexity index is 902. The van der Waals surface area contributed by atoms with Gasteiger partial charge < -0.3 is 15.0 Å². The van der Waals surface area contributed by atoms with E-state index < -0.39 is 6.04 Å². The minimum atomic E-state index is -0.542. The Kier molecular flexibility index (Phi) is 4.98. The van der Waals surface area contributed by atoms with E-state index in [4.69, 9.17) is 0 Å². The number of hydrogen-bond acceptors (Lipinski definition) is 3. The van der Waals surface area contributed by atoms with E-state index in [1.54, 1.807) is 30.9 Å². The summed E-state index contributed by atoms with van der Waals surface area (Å²) in [6, 6.07) is 12.5. The minimum Gasteiger partial charge on any atom is -0.343 e. The number of rotatable bonds is 3. The molecule has 3 rings (SSSR count). The van der Waals surface area contributed by atoms with E-state index >= 15 is 0 Å². The highest BCUT2D eigenvalue weighted by Gasteiger charge is 2.19. The number of nitrogens with one attached hydrogen (secondary N) is 1.